The molecule has 3 aromatic carbocycles. The van der Waals surface area contributed by atoms with Gasteiger partial charge in [-0.25, -0.2) is 13.6 Å². The Balaban J connectivity index is 1.11. The van der Waals surface area contributed by atoms with Crippen molar-refractivity contribution in [1.82, 2.24) is 4.98 Å². The van der Waals surface area contributed by atoms with Crippen LogP contribution in [0, 0.1) is 29.6 Å². The molecular formula is C33H26Br2N4O7S3. The first kappa shape index (κ1) is 32.9. The number of rotatable bonds is 7. The molecule has 252 valence electrons. The van der Waals surface area contributed by atoms with Crippen LogP contribution in [0.15, 0.2) is 90.4 Å². The van der Waals surface area contributed by atoms with Crippen LogP contribution >= 0.6 is 55.0 Å². The third-order valence-corrected chi connectivity index (χ3v) is 14.5. The Labute approximate surface area is 305 Å². The van der Waals surface area contributed by atoms with Crippen LogP contribution in [-0.2, 0) is 24.4 Å². The van der Waals surface area contributed by atoms with Gasteiger partial charge in [0.05, 0.1) is 27.4 Å². The number of thiazole rings is 1. The van der Waals surface area contributed by atoms with Gasteiger partial charge in [-0.15, -0.1) is 11.8 Å². The van der Waals surface area contributed by atoms with E-state index in [9.17, 15) is 27.6 Å². The molecular weight excluding hydrogens is 820 g/mol. The summed E-state index contributed by atoms with van der Waals surface area (Å²) in [5.74, 6) is -1.80. The number of nitrogens with two attached hydrogens (primary N) is 1. The van der Waals surface area contributed by atoms with E-state index in [0.717, 1.165) is 42.2 Å². The number of sulfonamides is 1. The van der Waals surface area contributed by atoms with E-state index < -0.39 is 27.8 Å². The van der Waals surface area contributed by atoms with Crippen molar-refractivity contribution in [2.75, 3.05) is 16.8 Å². The van der Waals surface area contributed by atoms with Crippen molar-refractivity contribution in [3.8, 4) is 5.75 Å². The maximum Gasteiger partial charge on any atom is 0.305 e. The van der Waals surface area contributed by atoms with Crippen LogP contribution in [0.4, 0.5) is 11.4 Å². The van der Waals surface area contributed by atoms with Gasteiger partial charge in [-0.05, 0) is 90.9 Å². The molecule has 4 N–H and O–H groups in total. The molecule has 1 saturated heterocycles. The lowest BCUT2D eigenvalue weighted by Gasteiger charge is -2.43. The number of carbonyl (C=O) groups excluding carboxylic acids is 3. The summed E-state index contributed by atoms with van der Waals surface area (Å²) in [4.78, 5) is 58.7. The fourth-order valence-electron chi connectivity index (χ4n) is 8.17. The molecule has 4 aromatic rings. The molecule has 2 aliphatic carbocycles. The topological polar surface area (TPSA) is 169 Å². The molecule has 3 fully saturated rings. The zero-order valence-electron chi connectivity index (χ0n) is 25.2. The highest BCUT2D eigenvalue weighted by Gasteiger charge is 2.69. The molecule has 11 nitrogen and oxygen atoms in total. The monoisotopic (exact) mass is 844 g/mol. The number of anilines is 2. The Hall–Kier alpha value is -3.28. The number of H-pyrrole nitrogens is 1. The van der Waals surface area contributed by atoms with Crippen LogP contribution in [0.5, 0.6) is 5.75 Å². The van der Waals surface area contributed by atoms with E-state index in [2.05, 4.69) is 42.2 Å². The molecule has 2 saturated carbocycles. The number of nitrogens with zero attached hydrogens (tertiary/aromatic N) is 1. The molecule has 0 radical (unpaired) electrons. The highest BCUT2D eigenvalue weighted by atomic mass is 79.9. The summed E-state index contributed by atoms with van der Waals surface area (Å²) in [6.07, 6.45) is 0.732. The van der Waals surface area contributed by atoms with Gasteiger partial charge in [0.25, 0.3) is 5.91 Å². The Morgan fingerprint density at radius 3 is 2.33 bits per heavy atom. The Morgan fingerprint density at radius 2 is 1.63 bits per heavy atom. The lowest BCUT2D eigenvalue weighted by Crippen LogP contribution is -2.42. The lowest BCUT2D eigenvalue weighted by molar-refractivity contribution is -0.123. The van der Waals surface area contributed by atoms with Gasteiger partial charge >= 0.3 is 4.87 Å². The number of ether oxygens (including phenoxy) is 1. The maximum atomic E-state index is 14.1. The van der Waals surface area contributed by atoms with Crippen molar-refractivity contribution in [2.24, 2.45) is 34.7 Å². The van der Waals surface area contributed by atoms with E-state index >= 15 is 0 Å². The second kappa shape index (κ2) is 12.2. The lowest BCUT2D eigenvalue weighted by atomic mass is 9.68. The number of hydrogen-bond acceptors (Lipinski definition) is 9. The Morgan fingerprint density at radius 1 is 0.959 bits per heavy atom. The quantitative estimate of drug-likeness (QED) is 0.211. The van der Waals surface area contributed by atoms with Gasteiger partial charge in [-0.1, -0.05) is 43.2 Å². The standard InChI is InChI=1S/C33H26Br2N4O7S3/c34-14-1-6-17(7-2-14)39-31(41)26-20-12-21(27(26)32(39)42)28-25(20)24(29-30(47-28)38-33(43)48-29)19-11-15(35)3-10-22(19)46-13-23(40)37-16-4-8-18(9-5-16)49(36,44)45/h1-11,20-21,24-28H,12-13H2,(H,37,40)(H,38,43)(H2,36,44,45)/t20-,21-,24+,25-,26+,27+,28-/m1/s1. The van der Waals surface area contributed by atoms with Crippen molar-refractivity contribution in [1.29, 1.82) is 0 Å². The number of thioether (sulfide) groups is 1. The second-order valence-corrected chi connectivity index (χ2v) is 18.1. The SMILES string of the molecule is NS(=O)(=O)c1ccc(NC(=O)COc2ccc(Br)cc2[C@@H]2c3sc(=O)[nH]c3S[C@@H]3[C@@H]4C[C@@H]([C@@H]5C(=O)N(c6ccc(Br)cc6)C(=O)[C@@H]45)[C@H]23)cc1. The number of halogens is 2. The van der Waals surface area contributed by atoms with Gasteiger partial charge in [0.1, 0.15) is 5.75 Å². The number of fused-ring (bicyclic) bond motifs is 9. The van der Waals surface area contributed by atoms with E-state index in [1.165, 1.54) is 29.2 Å². The molecule has 2 aliphatic heterocycles. The number of hydrogen-bond donors (Lipinski definition) is 3. The van der Waals surface area contributed by atoms with Crippen molar-refractivity contribution >= 4 is 94.1 Å². The minimum Gasteiger partial charge on any atom is -0.483 e. The van der Waals surface area contributed by atoms with Crippen molar-refractivity contribution in [2.45, 2.75) is 27.5 Å². The fourth-order valence-corrected chi connectivity index (χ4v) is 12.2. The number of amides is 3. The molecule has 49 heavy (non-hydrogen) atoms. The first-order chi connectivity index (χ1) is 23.4. The molecule has 16 heteroatoms. The smallest absolute Gasteiger partial charge is 0.305 e. The van der Waals surface area contributed by atoms with Gasteiger partial charge in [0, 0.05) is 36.2 Å². The predicted octanol–water partition coefficient (Wildman–Crippen LogP) is 5.30. The minimum atomic E-state index is -3.87. The number of carbonyl (C=O) groups is 3. The predicted molar refractivity (Wildman–Crippen MR) is 191 cm³/mol. The van der Waals surface area contributed by atoms with E-state index in [0.29, 0.717) is 17.1 Å². The largest absolute Gasteiger partial charge is 0.483 e. The molecule has 2 bridgehead atoms. The summed E-state index contributed by atoms with van der Waals surface area (Å²) >= 11 is 9.76. The number of aromatic amines is 1. The first-order valence-corrected chi connectivity index (χ1v) is 20.1. The summed E-state index contributed by atoms with van der Waals surface area (Å²) in [5, 5.41) is 8.61. The van der Waals surface area contributed by atoms with Crippen LogP contribution in [0.3, 0.4) is 0 Å². The number of imide groups is 1. The summed E-state index contributed by atoms with van der Waals surface area (Å²) in [5.41, 5.74) is 1.71. The zero-order valence-corrected chi connectivity index (χ0v) is 30.8. The highest BCUT2D eigenvalue weighted by Crippen LogP contribution is 2.69. The Bertz CT molecular complexity index is 2210. The minimum absolute atomic E-state index is 0.0222. The number of benzene rings is 3. The van der Waals surface area contributed by atoms with Crippen molar-refractivity contribution in [3.05, 3.63) is 95.8 Å². The summed E-state index contributed by atoms with van der Waals surface area (Å²) < 4.78 is 30.9. The zero-order chi connectivity index (χ0) is 34.4. The molecule has 7 atom stereocenters. The fraction of sp³-hybridized carbons (Fsp3) is 0.273. The summed E-state index contributed by atoms with van der Waals surface area (Å²) in [6, 6.07) is 18.2. The van der Waals surface area contributed by atoms with Gasteiger partial charge in [0.2, 0.25) is 21.8 Å². The van der Waals surface area contributed by atoms with Crippen LogP contribution < -0.4 is 25.0 Å². The van der Waals surface area contributed by atoms with Crippen LogP contribution in [0.1, 0.15) is 22.8 Å². The van der Waals surface area contributed by atoms with Gasteiger partial charge in [-0.3, -0.25) is 24.1 Å². The van der Waals surface area contributed by atoms with E-state index in [1.807, 2.05) is 24.3 Å². The molecule has 3 amide bonds. The average Bonchev–Trinajstić information content (AvgIpc) is 3.79. The van der Waals surface area contributed by atoms with E-state index in [4.69, 9.17) is 9.88 Å². The van der Waals surface area contributed by atoms with E-state index in [-0.39, 0.29) is 57.1 Å². The highest BCUT2D eigenvalue weighted by molar-refractivity contribution is 9.10. The molecule has 4 aliphatic rings. The van der Waals surface area contributed by atoms with Gasteiger partial charge in [-0.2, -0.15) is 0 Å². The molecule has 8 rings (SSSR count). The summed E-state index contributed by atoms with van der Waals surface area (Å²) in [6.45, 7) is -0.344. The van der Waals surface area contributed by atoms with Crippen LogP contribution in [-0.4, -0.2) is 43.0 Å². The van der Waals surface area contributed by atoms with Gasteiger partial charge in [0.15, 0.2) is 6.61 Å². The van der Waals surface area contributed by atoms with Crippen LogP contribution in [0.25, 0.3) is 0 Å². The van der Waals surface area contributed by atoms with Crippen molar-refractivity contribution in [3.63, 3.8) is 0 Å². The van der Waals surface area contributed by atoms with Gasteiger partial charge < -0.3 is 15.0 Å². The van der Waals surface area contributed by atoms with Crippen molar-refractivity contribution < 1.29 is 27.5 Å². The van der Waals surface area contributed by atoms with Crippen LogP contribution in [0.2, 0.25) is 0 Å². The van der Waals surface area contributed by atoms with E-state index in [1.54, 1.807) is 30.0 Å². The molecule has 0 spiro atoms. The normalized spacial score (nSPS) is 26.8. The third-order valence-electron chi connectivity index (χ3n) is 9.94. The molecule has 1 aromatic heterocycles. The number of nitrogens with one attached hydrogen (secondary N) is 2. The maximum absolute atomic E-state index is 14.1. The number of aromatic nitrogens is 1. The summed E-state index contributed by atoms with van der Waals surface area (Å²) in [7, 11) is -3.87. The Kier molecular flexibility index (Phi) is 8.19. The first-order valence-electron chi connectivity index (χ1n) is 15.3. The number of primary sulfonamides is 1. The average molecular weight is 847 g/mol. The second-order valence-electron chi connectivity index (χ2n) is 12.5. The molecule has 3 heterocycles. The molecule has 0 unspecified atom stereocenters. The third kappa shape index (κ3) is 5.60.